The smallest absolute Gasteiger partial charge is 0.319 e. The SMILES string of the molecule is CCCN(C(=O)NC(C)(C)c1cccc(C(C)(C)NC(=O)SC(C)(C)CCOCOCCSSC(C)(C)CCOCOCCSC(=O)NC(C)(C)c2cccc(C(C)(C)NC(=O)N(CS)C3CCCCC3)c2)c1)C1CCCCC1. The fourth-order valence-corrected chi connectivity index (χ4v) is 14.3. The molecule has 0 saturated heterocycles. The van der Waals surface area contributed by atoms with E-state index >= 15 is 0 Å². The quantitative estimate of drug-likeness (QED) is 0.0205. The number of urea groups is 2. The monoisotopic (exact) mass is 1190 g/mol. The number of hydrogen-bond donors (Lipinski definition) is 5. The Balaban J connectivity index is 1.03. The highest BCUT2D eigenvalue weighted by Gasteiger charge is 2.34. The van der Waals surface area contributed by atoms with Crippen LogP contribution in [0.25, 0.3) is 0 Å². The van der Waals surface area contributed by atoms with Crippen LogP contribution in [-0.2, 0) is 41.1 Å². The van der Waals surface area contributed by atoms with E-state index in [-0.39, 0.29) is 51.7 Å². The first-order valence-corrected chi connectivity index (χ1v) is 33.5. The maximum atomic E-state index is 13.7. The van der Waals surface area contributed by atoms with Crippen molar-refractivity contribution in [3.05, 3.63) is 70.8 Å². The lowest BCUT2D eigenvalue weighted by atomic mass is 9.87. The zero-order valence-corrected chi connectivity index (χ0v) is 54.4. The van der Waals surface area contributed by atoms with E-state index in [0.717, 1.165) is 85.9 Å². The molecular weight excluding hydrogens is 1090 g/mol. The van der Waals surface area contributed by atoms with Crippen molar-refractivity contribution in [2.24, 2.45) is 0 Å². The predicted molar refractivity (Wildman–Crippen MR) is 337 cm³/mol. The van der Waals surface area contributed by atoms with Crippen LogP contribution in [0.1, 0.15) is 196 Å². The Hall–Kier alpha value is -2.49. The number of nitrogens with zero attached hydrogens (tertiary/aromatic N) is 2. The molecule has 0 aliphatic heterocycles. The van der Waals surface area contributed by atoms with Crippen LogP contribution in [0.2, 0.25) is 0 Å². The van der Waals surface area contributed by atoms with Crippen molar-refractivity contribution in [3.63, 3.8) is 0 Å². The molecule has 2 aliphatic carbocycles. The number of nitrogens with one attached hydrogen (secondary N) is 4. The molecule has 79 heavy (non-hydrogen) atoms. The van der Waals surface area contributed by atoms with Gasteiger partial charge in [0.25, 0.3) is 10.5 Å². The molecule has 14 nitrogen and oxygen atoms in total. The van der Waals surface area contributed by atoms with E-state index in [1.165, 1.54) is 49.2 Å². The summed E-state index contributed by atoms with van der Waals surface area (Å²) in [6.45, 7) is 29.8. The number of thioether (sulfide) groups is 2. The van der Waals surface area contributed by atoms with Gasteiger partial charge in [0.2, 0.25) is 0 Å². The lowest BCUT2D eigenvalue weighted by molar-refractivity contribution is -0.0501. The summed E-state index contributed by atoms with van der Waals surface area (Å²) in [6.07, 6.45) is 13.7. The summed E-state index contributed by atoms with van der Waals surface area (Å²) in [5, 5.41) is 12.7. The number of carbonyl (C=O) groups is 4. The van der Waals surface area contributed by atoms with Gasteiger partial charge >= 0.3 is 12.1 Å². The van der Waals surface area contributed by atoms with Gasteiger partial charge in [-0.15, -0.1) is 0 Å². The molecule has 2 aromatic carbocycles. The molecule has 0 unspecified atom stereocenters. The lowest BCUT2D eigenvalue weighted by Gasteiger charge is -2.38. The Morgan fingerprint density at radius 2 is 0.949 bits per heavy atom. The molecule has 0 radical (unpaired) electrons. The van der Waals surface area contributed by atoms with E-state index in [9.17, 15) is 19.2 Å². The van der Waals surface area contributed by atoms with Gasteiger partial charge in [0.15, 0.2) is 0 Å². The number of carbonyl (C=O) groups excluding carboxylic acids is 4. The van der Waals surface area contributed by atoms with E-state index in [0.29, 0.717) is 50.5 Å². The number of hydrogen-bond acceptors (Lipinski definition) is 13. The fraction of sp³-hybridized carbons (Fsp3) is 0.733. The Morgan fingerprint density at radius 1 is 0.544 bits per heavy atom. The van der Waals surface area contributed by atoms with Crippen LogP contribution in [0.4, 0.5) is 19.2 Å². The molecule has 4 rings (SSSR count). The zero-order chi connectivity index (χ0) is 58.3. The molecule has 0 bridgehead atoms. The minimum atomic E-state index is -0.642. The highest BCUT2D eigenvalue weighted by molar-refractivity contribution is 8.77. The summed E-state index contributed by atoms with van der Waals surface area (Å²) in [6, 6.07) is 16.6. The first-order chi connectivity index (χ1) is 37.2. The van der Waals surface area contributed by atoms with Crippen molar-refractivity contribution < 1.29 is 38.1 Å². The summed E-state index contributed by atoms with van der Waals surface area (Å²) in [7, 11) is 3.57. The molecule has 448 valence electrons. The fourth-order valence-electron chi connectivity index (χ4n) is 9.77. The van der Waals surface area contributed by atoms with Gasteiger partial charge in [-0.05, 0) is 136 Å². The van der Waals surface area contributed by atoms with Crippen molar-refractivity contribution in [1.82, 2.24) is 31.1 Å². The van der Waals surface area contributed by atoms with Gasteiger partial charge in [-0.3, -0.25) is 9.59 Å². The molecule has 4 N–H and O–H groups in total. The average Bonchev–Trinajstić information content (AvgIpc) is 3.40. The third-order valence-electron chi connectivity index (χ3n) is 14.9. The highest BCUT2D eigenvalue weighted by atomic mass is 33.1. The predicted octanol–water partition coefficient (Wildman–Crippen LogP) is 14.9. The van der Waals surface area contributed by atoms with Gasteiger partial charge < -0.3 is 50.0 Å². The van der Waals surface area contributed by atoms with Crippen molar-refractivity contribution in [2.45, 2.75) is 217 Å². The highest BCUT2D eigenvalue weighted by Crippen LogP contribution is 2.38. The second-order valence-corrected chi connectivity index (χ2v) is 30.6. The summed E-state index contributed by atoms with van der Waals surface area (Å²) < 4.78 is 22.7. The van der Waals surface area contributed by atoms with E-state index in [4.69, 9.17) is 18.9 Å². The lowest BCUT2D eigenvalue weighted by Crippen LogP contribution is -2.52. The molecule has 0 aromatic heterocycles. The Bertz CT molecular complexity index is 2190. The second kappa shape index (κ2) is 33.1. The number of thiol groups is 1. The minimum Gasteiger partial charge on any atom is -0.355 e. The Labute approximate surface area is 498 Å². The molecule has 2 aromatic rings. The van der Waals surface area contributed by atoms with Crippen LogP contribution in [0, 0.1) is 0 Å². The molecule has 19 heteroatoms. The Kier molecular flexibility index (Phi) is 28.9. The molecule has 0 heterocycles. The van der Waals surface area contributed by atoms with Crippen molar-refractivity contribution in [3.8, 4) is 0 Å². The van der Waals surface area contributed by atoms with Gasteiger partial charge in [0.1, 0.15) is 13.6 Å². The summed E-state index contributed by atoms with van der Waals surface area (Å²) in [4.78, 5) is 57.4. The normalized spacial score (nSPS) is 15.4. The van der Waals surface area contributed by atoms with Gasteiger partial charge in [-0.2, -0.15) is 12.6 Å². The zero-order valence-electron chi connectivity index (χ0n) is 50.3. The van der Waals surface area contributed by atoms with Gasteiger partial charge in [0, 0.05) is 39.6 Å². The molecule has 0 atom stereocenters. The van der Waals surface area contributed by atoms with Crippen LogP contribution >= 0.6 is 57.7 Å². The largest absolute Gasteiger partial charge is 0.355 e. The topological polar surface area (TPSA) is 160 Å². The number of benzene rings is 2. The molecular formula is C60H100N6O8S5. The summed E-state index contributed by atoms with van der Waals surface area (Å²) >= 11 is 6.96. The van der Waals surface area contributed by atoms with E-state index in [2.05, 4.69) is 80.6 Å². The first kappa shape index (κ1) is 69.0. The Morgan fingerprint density at radius 3 is 1.42 bits per heavy atom. The van der Waals surface area contributed by atoms with Gasteiger partial charge in [-0.1, -0.05) is 153 Å². The van der Waals surface area contributed by atoms with Crippen LogP contribution in [0.3, 0.4) is 0 Å². The molecule has 2 saturated carbocycles. The second-order valence-electron chi connectivity index (χ2n) is 24.5. The molecule has 2 aliphatic rings. The molecule has 2 fully saturated rings. The number of rotatable bonds is 32. The molecule has 6 amide bonds. The third-order valence-corrected chi connectivity index (χ3v) is 20.3. The van der Waals surface area contributed by atoms with Gasteiger partial charge in [-0.25, -0.2) is 9.59 Å². The van der Waals surface area contributed by atoms with E-state index < -0.39 is 22.2 Å². The summed E-state index contributed by atoms with van der Waals surface area (Å²) in [5.74, 6) is 1.69. The number of ether oxygens (including phenoxy) is 4. The van der Waals surface area contributed by atoms with Crippen molar-refractivity contribution in [1.29, 1.82) is 0 Å². The third kappa shape index (κ3) is 24.3. The van der Waals surface area contributed by atoms with Gasteiger partial charge in [0.05, 0.1) is 54.5 Å². The van der Waals surface area contributed by atoms with Crippen molar-refractivity contribution in [2.75, 3.05) is 63.9 Å². The van der Waals surface area contributed by atoms with Crippen LogP contribution in [-0.4, -0.2) is 118 Å². The van der Waals surface area contributed by atoms with Crippen LogP contribution in [0.15, 0.2) is 48.5 Å². The van der Waals surface area contributed by atoms with Crippen LogP contribution in [0.5, 0.6) is 0 Å². The maximum absolute atomic E-state index is 13.7. The standard InChI is InChI=1S/C60H100N6O8S5/c1-14-33-65(49-27-17-15-18-28-49)51(67)61-57(6,7)45-23-22-26-48(41-45)60(12,13)64-54(70)78-55(2,3)31-34-71-44-74-37-39-77-79-56(4,5)32-35-72-43-73-36-38-76-53(69)63-59(10,11)47-25-21-24-46(40-47)58(8,9)62-52(68)66(42-75)50-29-19-16-20-30-50/h21-26,40-41,49-50,75H,14-20,27-39,42-44H2,1-13H3,(H,61,67)(H,62,68)(H,63,69)(H,64,70). The average molecular weight is 1190 g/mol. The van der Waals surface area contributed by atoms with Crippen LogP contribution < -0.4 is 21.3 Å². The van der Waals surface area contributed by atoms with Crippen molar-refractivity contribution >= 4 is 80.3 Å². The molecule has 0 spiro atoms. The first-order valence-electron chi connectivity index (χ1n) is 28.8. The minimum absolute atomic E-state index is 0.00706. The number of amides is 6. The van der Waals surface area contributed by atoms with E-state index in [1.54, 1.807) is 21.6 Å². The maximum Gasteiger partial charge on any atom is 0.319 e. The summed E-state index contributed by atoms with van der Waals surface area (Å²) in [5.41, 5.74) is 1.34. The van der Waals surface area contributed by atoms with E-state index in [1.807, 2.05) is 102 Å².